The van der Waals surface area contributed by atoms with Gasteiger partial charge < -0.3 is 21.5 Å². The standard InChI is InChI=1S/C17H29N3O4/c1-15(2)5-6-16(3,4)12(15)14(24)20-17(7-8-17)19-13(23)10(18)9-11(21)22/h10,12H,5-9,18H2,1-4H3,(H,19,23)(H,20,24)(H,21,22)/t10-/m0/s1. The first-order valence-electron chi connectivity index (χ1n) is 8.50. The molecule has 0 bridgehead atoms. The van der Waals surface area contributed by atoms with E-state index in [1.807, 2.05) is 0 Å². The molecule has 2 amide bonds. The molecule has 0 unspecified atom stereocenters. The lowest BCUT2D eigenvalue weighted by Crippen LogP contribution is -2.57. The third-order valence-corrected chi connectivity index (χ3v) is 5.45. The molecule has 0 saturated heterocycles. The Morgan fingerprint density at radius 3 is 1.96 bits per heavy atom. The van der Waals surface area contributed by atoms with Crippen molar-refractivity contribution < 1.29 is 19.5 Å². The molecule has 2 fully saturated rings. The molecule has 0 aromatic carbocycles. The summed E-state index contributed by atoms with van der Waals surface area (Å²) in [6.45, 7) is 8.42. The van der Waals surface area contributed by atoms with E-state index in [1.165, 1.54) is 0 Å². The van der Waals surface area contributed by atoms with E-state index in [1.54, 1.807) is 0 Å². The van der Waals surface area contributed by atoms with Gasteiger partial charge in [-0.2, -0.15) is 0 Å². The average Bonchev–Trinajstić information content (AvgIpc) is 3.09. The Kier molecular flexibility index (Phi) is 4.69. The van der Waals surface area contributed by atoms with Crippen molar-refractivity contribution in [2.45, 2.75) is 71.5 Å². The van der Waals surface area contributed by atoms with Gasteiger partial charge in [0.2, 0.25) is 11.8 Å². The summed E-state index contributed by atoms with van der Waals surface area (Å²) in [5.74, 6) is -1.85. The predicted octanol–water partition coefficient (Wildman–Crippen LogP) is 0.973. The summed E-state index contributed by atoms with van der Waals surface area (Å²) in [6, 6.07) is -1.11. The molecule has 0 spiro atoms. The van der Waals surface area contributed by atoms with Gasteiger partial charge in [0, 0.05) is 5.92 Å². The molecule has 0 radical (unpaired) electrons. The molecule has 5 N–H and O–H groups in total. The van der Waals surface area contributed by atoms with Crippen molar-refractivity contribution in [1.29, 1.82) is 0 Å². The largest absolute Gasteiger partial charge is 0.481 e. The van der Waals surface area contributed by atoms with Crippen LogP contribution >= 0.6 is 0 Å². The lowest BCUT2D eigenvalue weighted by atomic mass is 9.72. The van der Waals surface area contributed by atoms with Crippen molar-refractivity contribution in [2.24, 2.45) is 22.5 Å². The van der Waals surface area contributed by atoms with Gasteiger partial charge in [0.15, 0.2) is 0 Å². The number of rotatable bonds is 6. The smallest absolute Gasteiger partial charge is 0.305 e. The number of nitrogens with two attached hydrogens (primary N) is 1. The summed E-state index contributed by atoms with van der Waals surface area (Å²) in [6.07, 6.45) is 2.82. The molecule has 2 saturated carbocycles. The second-order valence-electron chi connectivity index (χ2n) is 8.68. The Labute approximate surface area is 142 Å². The van der Waals surface area contributed by atoms with Gasteiger partial charge in [-0.3, -0.25) is 14.4 Å². The van der Waals surface area contributed by atoms with Gasteiger partial charge in [-0.25, -0.2) is 0 Å². The number of carboxylic acid groups (broad SMARTS) is 1. The first kappa shape index (κ1) is 18.7. The molecule has 2 aliphatic rings. The molecule has 136 valence electrons. The van der Waals surface area contributed by atoms with E-state index in [-0.39, 0.29) is 22.7 Å². The first-order valence-corrected chi connectivity index (χ1v) is 8.50. The van der Waals surface area contributed by atoms with E-state index >= 15 is 0 Å². The van der Waals surface area contributed by atoms with Crippen LogP contribution in [0.3, 0.4) is 0 Å². The number of hydrogen-bond acceptors (Lipinski definition) is 4. The zero-order chi connectivity index (χ0) is 18.3. The van der Waals surface area contributed by atoms with Crippen LogP contribution in [0.5, 0.6) is 0 Å². The third kappa shape index (κ3) is 3.88. The zero-order valence-corrected chi connectivity index (χ0v) is 14.9. The Morgan fingerprint density at radius 2 is 1.54 bits per heavy atom. The summed E-state index contributed by atoms with van der Waals surface area (Å²) in [7, 11) is 0. The minimum Gasteiger partial charge on any atom is -0.481 e. The van der Waals surface area contributed by atoms with Crippen LogP contribution < -0.4 is 16.4 Å². The quantitative estimate of drug-likeness (QED) is 0.537. The van der Waals surface area contributed by atoms with Gasteiger partial charge >= 0.3 is 5.97 Å². The summed E-state index contributed by atoms with van der Waals surface area (Å²) in [5.41, 5.74) is 4.64. The number of hydrogen-bond donors (Lipinski definition) is 4. The van der Waals surface area contributed by atoms with Crippen LogP contribution in [0, 0.1) is 16.7 Å². The molecule has 0 heterocycles. The van der Waals surface area contributed by atoms with E-state index in [9.17, 15) is 14.4 Å². The van der Waals surface area contributed by atoms with Crippen LogP contribution in [0.25, 0.3) is 0 Å². The highest BCUT2D eigenvalue weighted by Crippen LogP contribution is 2.54. The van der Waals surface area contributed by atoms with Gasteiger partial charge in [-0.15, -0.1) is 0 Å². The molecule has 7 nitrogen and oxygen atoms in total. The highest BCUT2D eigenvalue weighted by molar-refractivity contribution is 5.88. The van der Waals surface area contributed by atoms with E-state index < -0.39 is 30.0 Å². The maximum Gasteiger partial charge on any atom is 0.305 e. The molecule has 0 aromatic rings. The number of carboxylic acids is 1. The van der Waals surface area contributed by atoms with Crippen LogP contribution in [-0.2, 0) is 14.4 Å². The SMILES string of the molecule is CC1(C)CCC(C)(C)C1C(=O)NC1(NC(=O)[C@@H](N)CC(=O)O)CC1. The Bertz CT molecular complexity index is 536. The number of nitrogens with one attached hydrogen (secondary N) is 2. The van der Waals surface area contributed by atoms with Crippen molar-refractivity contribution >= 4 is 17.8 Å². The highest BCUT2D eigenvalue weighted by atomic mass is 16.4. The lowest BCUT2D eigenvalue weighted by molar-refractivity contribution is -0.140. The topological polar surface area (TPSA) is 122 Å². The monoisotopic (exact) mass is 339 g/mol. The summed E-state index contributed by atoms with van der Waals surface area (Å²) >= 11 is 0. The second-order valence-corrected chi connectivity index (χ2v) is 8.68. The Hall–Kier alpha value is -1.63. The Morgan fingerprint density at radius 1 is 1.04 bits per heavy atom. The van der Waals surface area contributed by atoms with Crippen LogP contribution in [0.15, 0.2) is 0 Å². The normalized spacial score (nSPS) is 24.9. The van der Waals surface area contributed by atoms with Crippen molar-refractivity contribution in [1.82, 2.24) is 10.6 Å². The molecule has 24 heavy (non-hydrogen) atoms. The van der Waals surface area contributed by atoms with E-state index in [0.29, 0.717) is 12.8 Å². The summed E-state index contributed by atoms with van der Waals surface area (Å²) in [5, 5.41) is 14.4. The highest BCUT2D eigenvalue weighted by Gasteiger charge is 2.54. The van der Waals surface area contributed by atoms with Gasteiger partial charge in [0.1, 0.15) is 5.66 Å². The van der Waals surface area contributed by atoms with Crippen molar-refractivity contribution in [3.05, 3.63) is 0 Å². The van der Waals surface area contributed by atoms with Crippen LogP contribution in [0.1, 0.15) is 59.8 Å². The van der Waals surface area contributed by atoms with Crippen LogP contribution in [-0.4, -0.2) is 34.6 Å². The molecule has 1 atom stereocenters. The maximum absolute atomic E-state index is 12.9. The van der Waals surface area contributed by atoms with Crippen LogP contribution in [0.2, 0.25) is 0 Å². The van der Waals surface area contributed by atoms with Crippen molar-refractivity contribution in [2.75, 3.05) is 0 Å². The molecular formula is C17H29N3O4. The fraction of sp³-hybridized carbons (Fsp3) is 0.824. The molecule has 2 rings (SSSR count). The number of carbonyl (C=O) groups is 3. The molecule has 0 aliphatic heterocycles. The molecule has 7 heteroatoms. The minimum atomic E-state index is -1.12. The van der Waals surface area contributed by atoms with Crippen molar-refractivity contribution in [3.8, 4) is 0 Å². The summed E-state index contributed by atoms with van der Waals surface area (Å²) < 4.78 is 0. The summed E-state index contributed by atoms with van der Waals surface area (Å²) in [4.78, 5) is 35.6. The predicted molar refractivity (Wildman–Crippen MR) is 88.8 cm³/mol. The maximum atomic E-state index is 12.9. The fourth-order valence-electron chi connectivity index (χ4n) is 4.02. The molecule has 2 aliphatic carbocycles. The van der Waals surface area contributed by atoms with Gasteiger partial charge in [-0.05, 0) is 36.5 Å². The number of carbonyl (C=O) groups excluding carboxylic acids is 2. The van der Waals surface area contributed by atoms with E-state index in [4.69, 9.17) is 10.8 Å². The van der Waals surface area contributed by atoms with Gasteiger partial charge in [-0.1, -0.05) is 27.7 Å². The van der Waals surface area contributed by atoms with Gasteiger partial charge in [0.25, 0.3) is 0 Å². The lowest BCUT2D eigenvalue weighted by Gasteiger charge is -2.35. The Balaban J connectivity index is 2.01. The number of amides is 2. The van der Waals surface area contributed by atoms with Crippen LogP contribution in [0.4, 0.5) is 0 Å². The first-order chi connectivity index (χ1) is 10.9. The molecule has 0 aromatic heterocycles. The average molecular weight is 339 g/mol. The van der Waals surface area contributed by atoms with E-state index in [0.717, 1.165) is 12.8 Å². The zero-order valence-electron chi connectivity index (χ0n) is 14.9. The minimum absolute atomic E-state index is 0.0490. The second kappa shape index (κ2) is 6.02. The van der Waals surface area contributed by atoms with Gasteiger partial charge in [0.05, 0.1) is 12.5 Å². The number of aliphatic carboxylic acids is 1. The van der Waals surface area contributed by atoms with E-state index in [2.05, 4.69) is 38.3 Å². The third-order valence-electron chi connectivity index (χ3n) is 5.45. The van der Waals surface area contributed by atoms with Crippen molar-refractivity contribution in [3.63, 3.8) is 0 Å². The fourth-order valence-corrected chi connectivity index (χ4v) is 4.02. The molecular weight excluding hydrogens is 310 g/mol.